The monoisotopic (exact) mass is 329 g/mol. The van der Waals surface area contributed by atoms with Crippen molar-refractivity contribution in [2.75, 3.05) is 33.3 Å². The third-order valence-corrected chi connectivity index (χ3v) is 4.45. The van der Waals surface area contributed by atoms with E-state index in [1.165, 1.54) is 29.7 Å². The lowest BCUT2D eigenvalue weighted by Gasteiger charge is -2.32. The summed E-state index contributed by atoms with van der Waals surface area (Å²) in [5.74, 6) is -0.462. The Hall–Kier alpha value is -2.40. The summed E-state index contributed by atoms with van der Waals surface area (Å²) in [5, 5.41) is 0. The van der Waals surface area contributed by atoms with E-state index in [0.717, 1.165) is 19.6 Å². The minimum absolute atomic E-state index is 0.115. The molecule has 2 aromatic rings. The van der Waals surface area contributed by atoms with E-state index in [2.05, 4.69) is 12.1 Å². The van der Waals surface area contributed by atoms with Gasteiger partial charge in [-0.3, -0.25) is 4.79 Å². The quantitative estimate of drug-likeness (QED) is 0.919. The molecule has 0 aromatic heterocycles. The number of hydrogen-bond donors (Lipinski definition) is 1. The summed E-state index contributed by atoms with van der Waals surface area (Å²) in [7, 11) is 1.41. The SMILES string of the molecule is COc1ccc(C(=O)N2CC[NH+](Cc3ccccc3)CC2)cc1F. The maximum Gasteiger partial charge on any atom is 0.254 e. The molecular formula is C19H22FN2O2+. The summed E-state index contributed by atoms with van der Waals surface area (Å²) in [4.78, 5) is 15.8. The molecule has 0 unspecified atom stereocenters. The highest BCUT2D eigenvalue weighted by atomic mass is 19.1. The average molecular weight is 329 g/mol. The van der Waals surface area contributed by atoms with Gasteiger partial charge in [-0.25, -0.2) is 4.39 Å². The van der Waals surface area contributed by atoms with Crippen LogP contribution in [0.25, 0.3) is 0 Å². The van der Waals surface area contributed by atoms with Crippen molar-refractivity contribution in [3.05, 3.63) is 65.5 Å². The zero-order valence-corrected chi connectivity index (χ0v) is 13.8. The Morgan fingerprint density at radius 1 is 1.17 bits per heavy atom. The van der Waals surface area contributed by atoms with Gasteiger partial charge in [0, 0.05) is 11.1 Å². The molecule has 126 valence electrons. The average Bonchev–Trinajstić information content (AvgIpc) is 2.62. The van der Waals surface area contributed by atoms with Gasteiger partial charge < -0.3 is 14.5 Å². The van der Waals surface area contributed by atoms with Crippen molar-refractivity contribution in [2.24, 2.45) is 0 Å². The van der Waals surface area contributed by atoms with Gasteiger partial charge in [0.1, 0.15) is 6.54 Å². The third-order valence-electron chi connectivity index (χ3n) is 4.45. The maximum atomic E-state index is 13.8. The molecule has 5 heteroatoms. The molecule has 24 heavy (non-hydrogen) atoms. The van der Waals surface area contributed by atoms with Gasteiger partial charge in [0.15, 0.2) is 11.6 Å². The minimum Gasteiger partial charge on any atom is -0.494 e. The largest absolute Gasteiger partial charge is 0.494 e. The number of nitrogens with one attached hydrogen (secondary N) is 1. The molecule has 1 fully saturated rings. The summed E-state index contributed by atoms with van der Waals surface area (Å²) in [6.07, 6.45) is 0. The molecule has 1 amide bonds. The molecule has 3 rings (SSSR count). The fourth-order valence-corrected chi connectivity index (χ4v) is 3.07. The van der Waals surface area contributed by atoms with Gasteiger partial charge in [0.25, 0.3) is 5.91 Å². The highest BCUT2D eigenvalue weighted by molar-refractivity contribution is 5.94. The molecule has 4 nitrogen and oxygen atoms in total. The van der Waals surface area contributed by atoms with Gasteiger partial charge in [-0.15, -0.1) is 0 Å². The number of piperazine rings is 1. The van der Waals surface area contributed by atoms with Gasteiger partial charge >= 0.3 is 0 Å². The third kappa shape index (κ3) is 3.74. The second kappa shape index (κ2) is 7.45. The van der Waals surface area contributed by atoms with Gasteiger partial charge in [0.2, 0.25) is 0 Å². The molecular weight excluding hydrogens is 307 g/mol. The number of hydrogen-bond acceptors (Lipinski definition) is 2. The molecule has 0 radical (unpaired) electrons. The second-order valence-electron chi connectivity index (χ2n) is 6.05. The number of carbonyl (C=O) groups is 1. The number of rotatable bonds is 4. The molecule has 1 heterocycles. The number of ether oxygens (including phenoxy) is 1. The van der Waals surface area contributed by atoms with Crippen LogP contribution in [0.15, 0.2) is 48.5 Å². The van der Waals surface area contributed by atoms with Gasteiger partial charge in [-0.2, -0.15) is 0 Å². The molecule has 0 bridgehead atoms. The van der Waals surface area contributed by atoms with Crippen LogP contribution < -0.4 is 9.64 Å². The maximum absolute atomic E-state index is 13.8. The van der Waals surface area contributed by atoms with Crippen molar-refractivity contribution in [1.82, 2.24) is 4.90 Å². The zero-order chi connectivity index (χ0) is 16.9. The number of carbonyl (C=O) groups excluding carboxylic acids is 1. The van der Waals surface area contributed by atoms with Crippen LogP contribution in [0.4, 0.5) is 4.39 Å². The van der Waals surface area contributed by atoms with Crippen LogP contribution in [0.3, 0.4) is 0 Å². The number of quaternary nitrogens is 1. The molecule has 2 aromatic carbocycles. The van der Waals surface area contributed by atoms with Crippen molar-refractivity contribution in [3.63, 3.8) is 0 Å². The zero-order valence-electron chi connectivity index (χ0n) is 13.8. The Balaban J connectivity index is 1.58. The van der Waals surface area contributed by atoms with E-state index in [1.54, 1.807) is 11.0 Å². The van der Waals surface area contributed by atoms with E-state index in [9.17, 15) is 9.18 Å². The summed E-state index contributed by atoms with van der Waals surface area (Å²) in [5.41, 5.74) is 1.68. The first-order chi connectivity index (χ1) is 11.7. The summed E-state index contributed by atoms with van der Waals surface area (Å²) in [6, 6.07) is 14.7. The number of halogens is 1. The number of methoxy groups -OCH3 is 1. The van der Waals surface area contributed by atoms with Gasteiger partial charge in [-0.05, 0) is 18.2 Å². The fourth-order valence-electron chi connectivity index (χ4n) is 3.07. The number of amides is 1. The van der Waals surface area contributed by atoms with E-state index >= 15 is 0 Å². The van der Waals surface area contributed by atoms with Crippen molar-refractivity contribution >= 4 is 5.91 Å². The minimum atomic E-state index is -0.503. The first-order valence-electron chi connectivity index (χ1n) is 8.17. The smallest absolute Gasteiger partial charge is 0.254 e. The Morgan fingerprint density at radius 3 is 2.50 bits per heavy atom. The van der Waals surface area contributed by atoms with Crippen molar-refractivity contribution in [3.8, 4) is 5.75 Å². The van der Waals surface area contributed by atoms with E-state index < -0.39 is 5.82 Å². The summed E-state index contributed by atoms with van der Waals surface area (Å²) >= 11 is 0. The van der Waals surface area contributed by atoms with Crippen LogP contribution in [-0.2, 0) is 6.54 Å². The lowest BCUT2D eigenvalue weighted by Crippen LogP contribution is -3.13. The van der Waals surface area contributed by atoms with E-state index in [4.69, 9.17) is 4.74 Å². The Labute approximate surface area is 141 Å². The summed E-state index contributed by atoms with van der Waals surface area (Å²) < 4.78 is 18.7. The number of nitrogens with zero attached hydrogens (tertiary/aromatic N) is 1. The Kier molecular flexibility index (Phi) is 5.11. The Morgan fingerprint density at radius 2 is 1.88 bits per heavy atom. The molecule has 0 aliphatic carbocycles. The van der Waals surface area contributed by atoms with Crippen LogP contribution in [0, 0.1) is 5.82 Å². The lowest BCUT2D eigenvalue weighted by atomic mass is 10.1. The standard InChI is InChI=1S/C19H21FN2O2/c1-24-18-8-7-16(13-17(18)20)19(23)22-11-9-21(10-12-22)14-15-5-3-2-4-6-15/h2-8,13H,9-12,14H2,1H3/p+1. The van der Waals surface area contributed by atoms with Crippen molar-refractivity contribution < 1.29 is 18.8 Å². The fraction of sp³-hybridized carbons (Fsp3) is 0.316. The predicted octanol–water partition coefficient (Wildman–Crippen LogP) is 1.38. The first-order valence-corrected chi connectivity index (χ1v) is 8.17. The van der Waals surface area contributed by atoms with E-state index in [-0.39, 0.29) is 11.7 Å². The summed E-state index contributed by atoms with van der Waals surface area (Å²) in [6.45, 7) is 4.15. The molecule has 0 atom stereocenters. The van der Waals surface area contributed by atoms with Gasteiger partial charge in [-0.1, -0.05) is 30.3 Å². The number of benzene rings is 2. The normalized spacial score (nSPS) is 15.3. The van der Waals surface area contributed by atoms with Crippen LogP contribution >= 0.6 is 0 Å². The van der Waals surface area contributed by atoms with Crippen LogP contribution in [0.5, 0.6) is 5.75 Å². The van der Waals surface area contributed by atoms with Crippen LogP contribution in [0.2, 0.25) is 0 Å². The first kappa shape index (κ1) is 16.5. The van der Waals surface area contributed by atoms with E-state index in [1.807, 2.05) is 18.2 Å². The second-order valence-corrected chi connectivity index (χ2v) is 6.05. The van der Waals surface area contributed by atoms with E-state index in [0.29, 0.717) is 18.7 Å². The molecule has 1 aliphatic heterocycles. The highest BCUT2D eigenvalue weighted by Gasteiger charge is 2.25. The highest BCUT2D eigenvalue weighted by Crippen LogP contribution is 2.18. The lowest BCUT2D eigenvalue weighted by molar-refractivity contribution is -0.917. The molecule has 1 N–H and O–H groups in total. The topological polar surface area (TPSA) is 34.0 Å². The molecule has 0 spiro atoms. The molecule has 1 saturated heterocycles. The van der Waals surface area contributed by atoms with Crippen LogP contribution in [-0.4, -0.2) is 44.1 Å². The van der Waals surface area contributed by atoms with Crippen LogP contribution in [0.1, 0.15) is 15.9 Å². The predicted molar refractivity (Wildman–Crippen MR) is 89.7 cm³/mol. The Bertz CT molecular complexity index is 698. The van der Waals surface area contributed by atoms with Crippen molar-refractivity contribution in [2.45, 2.75) is 6.54 Å². The molecule has 1 aliphatic rings. The van der Waals surface area contributed by atoms with Crippen molar-refractivity contribution in [1.29, 1.82) is 0 Å². The van der Waals surface area contributed by atoms with Gasteiger partial charge in [0.05, 0.1) is 33.3 Å². The molecule has 0 saturated carbocycles.